The van der Waals surface area contributed by atoms with E-state index in [9.17, 15) is 9.59 Å². The van der Waals surface area contributed by atoms with Crippen LogP contribution in [0.4, 0.5) is 5.69 Å². The Morgan fingerprint density at radius 3 is 2.03 bits per heavy atom. The van der Waals surface area contributed by atoms with Crippen molar-refractivity contribution >= 4 is 17.5 Å². The van der Waals surface area contributed by atoms with Crippen molar-refractivity contribution in [2.75, 3.05) is 5.32 Å². The maximum absolute atomic E-state index is 14.0. The molecule has 4 nitrogen and oxygen atoms in total. The molecule has 172 valence electrons. The molecule has 0 heterocycles. The Kier molecular flexibility index (Phi) is 7.12. The fraction of sp³-hybridized carbons (Fsp3) is 0.500. The Morgan fingerprint density at radius 1 is 0.969 bits per heavy atom. The van der Waals surface area contributed by atoms with Crippen LogP contribution in [0.15, 0.2) is 48.5 Å². The summed E-state index contributed by atoms with van der Waals surface area (Å²) < 4.78 is 0. The predicted octanol–water partition coefficient (Wildman–Crippen LogP) is 6.27. The van der Waals surface area contributed by atoms with Crippen LogP contribution in [0.3, 0.4) is 0 Å². The predicted molar refractivity (Wildman–Crippen MR) is 131 cm³/mol. The minimum Gasteiger partial charge on any atom is -0.324 e. The zero-order valence-corrected chi connectivity index (χ0v) is 20.5. The van der Waals surface area contributed by atoms with Crippen LogP contribution in [0.25, 0.3) is 0 Å². The largest absolute Gasteiger partial charge is 0.324 e. The molecule has 1 saturated carbocycles. The molecule has 0 aromatic heterocycles. The number of para-hydroxylation sites is 1. The van der Waals surface area contributed by atoms with Gasteiger partial charge >= 0.3 is 0 Å². The number of nitrogens with one attached hydrogen (secondary N) is 1. The van der Waals surface area contributed by atoms with Gasteiger partial charge in [-0.2, -0.15) is 0 Å². The third kappa shape index (κ3) is 5.06. The fourth-order valence-electron chi connectivity index (χ4n) is 5.15. The first-order valence-corrected chi connectivity index (χ1v) is 11.7. The highest BCUT2D eigenvalue weighted by molar-refractivity contribution is 6.01. The van der Waals surface area contributed by atoms with Gasteiger partial charge in [-0.25, -0.2) is 0 Å². The van der Waals surface area contributed by atoms with E-state index in [2.05, 4.69) is 26.1 Å². The zero-order valence-electron chi connectivity index (χ0n) is 20.5. The summed E-state index contributed by atoms with van der Waals surface area (Å²) >= 11 is 0. The number of nitrogens with zero attached hydrogens (tertiary/aromatic N) is 1. The molecule has 0 aliphatic heterocycles. The summed E-state index contributed by atoms with van der Waals surface area (Å²) in [6.07, 6.45) is 3.22. The van der Waals surface area contributed by atoms with Crippen molar-refractivity contribution in [3.05, 3.63) is 65.2 Å². The van der Waals surface area contributed by atoms with Crippen molar-refractivity contribution in [1.82, 2.24) is 4.90 Å². The second kappa shape index (κ2) is 9.48. The van der Waals surface area contributed by atoms with Crippen molar-refractivity contribution in [1.29, 1.82) is 0 Å². The molecule has 2 amide bonds. The van der Waals surface area contributed by atoms with Crippen LogP contribution in [0.1, 0.15) is 70.1 Å². The second-order valence-corrected chi connectivity index (χ2v) is 10.5. The number of aryl methyl sites for hydroxylation is 2. The Bertz CT molecular complexity index is 931. The minimum absolute atomic E-state index is 0.0558. The topological polar surface area (TPSA) is 49.4 Å². The molecule has 4 heteroatoms. The van der Waals surface area contributed by atoms with Crippen LogP contribution >= 0.6 is 0 Å². The van der Waals surface area contributed by atoms with Gasteiger partial charge in [-0.1, -0.05) is 69.3 Å². The fourth-order valence-corrected chi connectivity index (χ4v) is 5.15. The van der Waals surface area contributed by atoms with Crippen LogP contribution in [-0.2, 0) is 16.1 Å². The maximum Gasteiger partial charge on any atom is 0.250 e. The number of anilines is 1. The molecule has 1 aliphatic rings. The van der Waals surface area contributed by atoms with Gasteiger partial charge in [-0.15, -0.1) is 0 Å². The highest BCUT2D eigenvalue weighted by atomic mass is 16.2. The number of carbonyl (C=O) groups excluding carboxylic acids is 2. The number of benzene rings is 2. The number of hydrogen-bond donors (Lipinski definition) is 1. The maximum atomic E-state index is 14.0. The summed E-state index contributed by atoms with van der Waals surface area (Å²) in [4.78, 5) is 28.8. The smallest absolute Gasteiger partial charge is 0.250 e. The first-order chi connectivity index (χ1) is 15.0. The minimum atomic E-state index is -0.849. The molecule has 0 bridgehead atoms. The number of amides is 2. The van der Waals surface area contributed by atoms with Crippen LogP contribution in [0.5, 0.6) is 0 Å². The Hall–Kier alpha value is -2.62. The first kappa shape index (κ1) is 24.0. The molecule has 2 aromatic carbocycles. The normalized spacial score (nSPS) is 21.1. The van der Waals surface area contributed by atoms with Crippen molar-refractivity contribution in [2.24, 2.45) is 11.3 Å². The molecule has 2 aromatic rings. The summed E-state index contributed by atoms with van der Waals surface area (Å²) in [7, 11) is 0. The average Bonchev–Trinajstić information content (AvgIpc) is 2.74. The number of carbonyl (C=O) groups is 2. The molecule has 1 aliphatic carbocycles. The van der Waals surface area contributed by atoms with Crippen molar-refractivity contribution in [3.63, 3.8) is 0 Å². The van der Waals surface area contributed by atoms with Gasteiger partial charge < -0.3 is 10.2 Å². The molecular weight excluding hydrogens is 396 g/mol. The Balaban J connectivity index is 1.99. The standard InChI is InChI=1S/C28H38N2O2/c1-20-11-10-12-21(2)25(20)29-26(32)28(17-15-24(16-18-28)27(4,5)6)30(22(3)31)19-23-13-8-7-9-14-23/h7-14,24H,15-19H2,1-6H3,(H,29,32). The lowest BCUT2D eigenvalue weighted by Gasteiger charge is -2.48. The molecule has 0 unspecified atom stereocenters. The van der Waals surface area contributed by atoms with Crippen LogP contribution in [-0.4, -0.2) is 22.3 Å². The van der Waals surface area contributed by atoms with E-state index in [4.69, 9.17) is 0 Å². The second-order valence-electron chi connectivity index (χ2n) is 10.5. The van der Waals surface area contributed by atoms with Crippen molar-refractivity contribution < 1.29 is 9.59 Å². The van der Waals surface area contributed by atoms with E-state index < -0.39 is 5.54 Å². The van der Waals surface area contributed by atoms with Gasteiger partial charge in [0.1, 0.15) is 5.54 Å². The molecule has 3 rings (SSSR count). The summed E-state index contributed by atoms with van der Waals surface area (Å²) in [5.41, 5.74) is 3.31. The summed E-state index contributed by atoms with van der Waals surface area (Å²) in [6.45, 7) is 12.9. The first-order valence-electron chi connectivity index (χ1n) is 11.7. The molecule has 0 spiro atoms. The highest BCUT2D eigenvalue weighted by Crippen LogP contribution is 2.45. The van der Waals surface area contributed by atoms with Gasteiger partial charge in [-0.05, 0) is 67.6 Å². The molecule has 0 radical (unpaired) electrons. The lowest BCUT2D eigenvalue weighted by atomic mass is 9.66. The van der Waals surface area contributed by atoms with E-state index in [-0.39, 0.29) is 17.2 Å². The van der Waals surface area contributed by atoms with Gasteiger partial charge in [0.2, 0.25) is 11.8 Å². The van der Waals surface area contributed by atoms with Gasteiger partial charge in [-0.3, -0.25) is 9.59 Å². The van der Waals surface area contributed by atoms with Crippen molar-refractivity contribution in [2.45, 2.75) is 79.3 Å². The lowest BCUT2D eigenvalue weighted by molar-refractivity contribution is -0.148. The third-order valence-electron chi connectivity index (χ3n) is 7.26. The monoisotopic (exact) mass is 434 g/mol. The van der Waals surface area contributed by atoms with E-state index in [1.807, 2.05) is 67.3 Å². The highest BCUT2D eigenvalue weighted by Gasteiger charge is 2.49. The van der Waals surface area contributed by atoms with E-state index in [0.29, 0.717) is 25.3 Å². The molecule has 32 heavy (non-hydrogen) atoms. The van der Waals surface area contributed by atoms with E-state index in [1.54, 1.807) is 6.92 Å². The van der Waals surface area contributed by atoms with E-state index >= 15 is 0 Å². The molecule has 0 atom stereocenters. The summed E-state index contributed by atoms with van der Waals surface area (Å²) in [5, 5.41) is 3.23. The SMILES string of the molecule is CC(=O)N(Cc1ccccc1)C1(C(=O)Nc2c(C)cccc2C)CCC(C(C)(C)C)CC1. The van der Waals surface area contributed by atoms with Crippen molar-refractivity contribution in [3.8, 4) is 0 Å². The molecular formula is C28H38N2O2. The van der Waals surface area contributed by atoms with Gasteiger partial charge in [0, 0.05) is 19.2 Å². The summed E-state index contributed by atoms with van der Waals surface area (Å²) in [6, 6.07) is 16.0. The van der Waals surface area contributed by atoms with Gasteiger partial charge in [0.05, 0.1) is 0 Å². The third-order valence-corrected chi connectivity index (χ3v) is 7.26. The van der Waals surface area contributed by atoms with Crippen LogP contribution in [0, 0.1) is 25.2 Å². The van der Waals surface area contributed by atoms with Crippen LogP contribution < -0.4 is 5.32 Å². The Labute approximate surface area is 193 Å². The number of rotatable bonds is 5. The summed E-state index contributed by atoms with van der Waals surface area (Å²) in [5.74, 6) is 0.419. The van der Waals surface area contributed by atoms with Gasteiger partial charge in [0.15, 0.2) is 0 Å². The quantitative estimate of drug-likeness (QED) is 0.603. The lowest BCUT2D eigenvalue weighted by Crippen LogP contribution is -2.60. The molecule has 1 fully saturated rings. The van der Waals surface area contributed by atoms with Gasteiger partial charge in [0.25, 0.3) is 0 Å². The number of hydrogen-bond acceptors (Lipinski definition) is 2. The Morgan fingerprint density at radius 2 is 1.53 bits per heavy atom. The molecule has 0 saturated heterocycles. The average molecular weight is 435 g/mol. The van der Waals surface area contributed by atoms with E-state index in [1.165, 1.54) is 0 Å². The zero-order chi connectivity index (χ0) is 23.5. The van der Waals surface area contributed by atoms with Crippen LogP contribution in [0.2, 0.25) is 0 Å². The van der Waals surface area contributed by atoms with E-state index in [0.717, 1.165) is 35.2 Å². The molecule has 1 N–H and O–H groups in total.